The van der Waals surface area contributed by atoms with Gasteiger partial charge in [0.2, 0.25) is 0 Å². The van der Waals surface area contributed by atoms with E-state index in [9.17, 15) is 0 Å². The van der Waals surface area contributed by atoms with Gasteiger partial charge in [-0.2, -0.15) is 0 Å². The average molecular weight is 342 g/mol. The van der Waals surface area contributed by atoms with Gasteiger partial charge in [0, 0.05) is 6.20 Å². The van der Waals surface area contributed by atoms with Crippen molar-refractivity contribution < 1.29 is 0 Å². The first-order valence-electron chi connectivity index (χ1n) is 9.46. The van der Waals surface area contributed by atoms with E-state index in [2.05, 4.69) is 42.2 Å². The summed E-state index contributed by atoms with van der Waals surface area (Å²) in [6.45, 7) is 2.26. The lowest BCUT2D eigenvalue weighted by atomic mass is 9.76. The van der Waals surface area contributed by atoms with Crippen LogP contribution in [-0.2, 0) is 6.42 Å². The van der Waals surface area contributed by atoms with Crippen molar-refractivity contribution in [1.82, 2.24) is 4.98 Å². The standard InChI is InChI=1S/C22H28ClN/c1-2-3-4-5-17-6-8-18(9-7-17)19-10-12-20(13-11-19)21-14-15-22(23)24-16-21/h6-9,14-16,19-20H,2-5,10-13H2,1H3/t19-,20-. The molecule has 24 heavy (non-hydrogen) atoms. The summed E-state index contributed by atoms with van der Waals surface area (Å²) in [5.41, 5.74) is 4.37. The fourth-order valence-electron chi connectivity index (χ4n) is 3.92. The third kappa shape index (κ3) is 4.60. The van der Waals surface area contributed by atoms with Crippen LogP contribution in [0.15, 0.2) is 42.6 Å². The SMILES string of the molecule is CCCCCc1ccc([C@H]2CC[C@H](c3ccc(Cl)nc3)CC2)cc1. The first-order chi connectivity index (χ1) is 11.8. The maximum Gasteiger partial charge on any atom is 0.129 e. The number of rotatable bonds is 6. The van der Waals surface area contributed by atoms with Crippen LogP contribution >= 0.6 is 11.6 Å². The van der Waals surface area contributed by atoms with E-state index in [-0.39, 0.29) is 0 Å². The Bertz CT molecular complexity index is 609. The molecule has 3 rings (SSSR count). The number of hydrogen-bond donors (Lipinski definition) is 0. The predicted octanol–water partition coefficient (Wildman–Crippen LogP) is 6.91. The summed E-state index contributed by atoms with van der Waals surface area (Å²) in [4.78, 5) is 4.24. The molecule has 1 fully saturated rings. The van der Waals surface area contributed by atoms with Gasteiger partial charge in [0.05, 0.1) is 0 Å². The number of aromatic nitrogens is 1. The summed E-state index contributed by atoms with van der Waals surface area (Å²) in [5.74, 6) is 1.38. The van der Waals surface area contributed by atoms with Gasteiger partial charge in [-0.1, -0.05) is 61.7 Å². The monoisotopic (exact) mass is 341 g/mol. The molecule has 0 saturated heterocycles. The highest BCUT2D eigenvalue weighted by Gasteiger charge is 2.23. The van der Waals surface area contributed by atoms with E-state index in [1.54, 1.807) is 0 Å². The Labute approximate surface area is 151 Å². The third-order valence-electron chi connectivity index (χ3n) is 5.47. The zero-order chi connectivity index (χ0) is 16.8. The van der Waals surface area contributed by atoms with E-state index in [4.69, 9.17) is 11.6 Å². The molecule has 0 amide bonds. The molecule has 1 aliphatic rings. The highest BCUT2D eigenvalue weighted by atomic mass is 35.5. The summed E-state index contributed by atoms with van der Waals surface area (Å²) in [5, 5.41) is 0.589. The third-order valence-corrected chi connectivity index (χ3v) is 5.69. The molecule has 1 aliphatic carbocycles. The van der Waals surface area contributed by atoms with Crippen LogP contribution in [0.5, 0.6) is 0 Å². The molecule has 2 aromatic rings. The van der Waals surface area contributed by atoms with Crippen molar-refractivity contribution in [2.75, 3.05) is 0 Å². The summed E-state index contributed by atoms with van der Waals surface area (Å²) in [6.07, 6.45) is 12.2. The number of aryl methyl sites for hydroxylation is 1. The molecule has 0 atom stereocenters. The number of unbranched alkanes of at least 4 members (excludes halogenated alkanes) is 2. The van der Waals surface area contributed by atoms with Crippen LogP contribution in [0, 0.1) is 0 Å². The molecule has 1 nitrogen and oxygen atoms in total. The number of benzene rings is 1. The Morgan fingerprint density at radius 3 is 2.08 bits per heavy atom. The molecular formula is C22H28ClN. The average Bonchev–Trinajstić information content (AvgIpc) is 2.63. The van der Waals surface area contributed by atoms with Gasteiger partial charge in [0.1, 0.15) is 5.15 Å². The molecule has 1 aromatic carbocycles. The Morgan fingerprint density at radius 2 is 1.50 bits per heavy atom. The lowest BCUT2D eigenvalue weighted by molar-refractivity contribution is 0.396. The van der Waals surface area contributed by atoms with E-state index < -0.39 is 0 Å². The molecule has 0 spiro atoms. The van der Waals surface area contributed by atoms with Crippen molar-refractivity contribution in [1.29, 1.82) is 0 Å². The first kappa shape index (κ1) is 17.5. The molecule has 0 radical (unpaired) electrons. The second kappa shape index (κ2) is 8.67. The Hall–Kier alpha value is -1.34. The molecule has 0 aliphatic heterocycles. The molecule has 0 bridgehead atoms. The minimum absolute atomic E-state index is 0.589. The molecule has 1 aromatic heterocycles. The van der Waals surface area contributed by atoms with E-state index in [1.165, 1.54) is 68.1 Å². The van der Waals surface area contributed by atoms with Gasteiger partial charge in [-0.25, -0.2) is 4.98 Å². The van der Waals surface area contributed by atoms with Gasteiger partial charge in [-0.05, 0) is 73.1 Å². The van der Waals surface area contributed by atoms with E-state index in [0.29, 0.717) is 11.1 Å². The quantitative estimate of drug-likeness (QED) is 0.411. The van der Waals surface area contributed by atoms with Crippen LogP contribution in [0.2, 0.25) is 5.15 Å². The molecule has 2 heteroatoms. The predicted molar refractivity (Wildman–Crippen MR) is 103 cm³/mol. The van der Waals surface area contributed by atoms with E-state index in [1.807, 2.05) is 12.3 Å². The fourth-order valence-corrected chi connectivity index (χ4v) is 4.04. The maximum absolute atomic E-state index is 5.90. The largest absolute Gasteiger partial charge is 0.244 e. The van der Waals surface area contributed by atoms with Gasteiger partial charge >= 0.3 is 0 Å². The van der Waals surface area contributed by atoms with Crippen LogP contribution in [-0.4, -0.2) is 4.98 Å². The highest BCUT2D eigenvalue weighted by Crippen LogP contribution is 2.40. The van der Waals surface area contributed by atoms with Crippen LogP contribution in [0.3, 0.4) is 0 Å². The summed E-state index contributed by atoms with van der Waals surface area (Å²) >= 11 is 5.90. The lowest BCUT2D eigenvalue weighted by Gasteiger charge is -2.29. The lowest BCUT2D eigenvalue weighted by Crippen LogP contribution is -2.12. The number of nitrogens with zero attached hydrogens (tertiary/aromatic N) is 1. The van der Waals surface area contributed by atoms with Crippen molar-refractivity contribution in [2.24, 2.45) is 0 Å². The first-order valence-corrected chi connectivity index (χ1v) is 9.84. The number of hydrogen-bond acceptors (Lipinski definition) is 1. The summed E-state index contributed by atoms with van der Waals surface area (Å²) in [7, 11) is 0. The van der Waals surface area contributed by atoms with Crippen molar-refractivity contribution in [3.63, 3.8) is 0 Å². The Kier molecular flexibility index (Phi) is 6.31. The van der Waals surface area contributed by atoms with E-state index >= 15 is 0 Å². The van der Waals surface area contributed by atoms with Crippen molar-refractivity contribution in [3.8, 4) is 0 Å². The molecular weight excluding hydrogens is 314 g/mol. The van der Waals surface area contributed by atoms with Crippen LogP contribution in [0.25, 0.3) is 0 Å². The van der Waals surface area contributed by atoms with Gasteiger partial charge < -0.3 is 0 Å². The van der Waals surface area contributed by atoms with Crippen molar-refractivity contribution in [2.45, 2.75) is 70.1 Å². The molecule has 128 valence electrons. The topological polar surface area (TPSA) is 12.9 Å². The maximum atomic E-state index is 5.90. The summed E-state index contributed by atoms with van der Waals surface area (Å²) < 4.78 is 0. The molecule has 0 N–H and O–H groups in total. The van der Waals surface area contributed by atoms with Gasteiger partial charge in [0.25, 0.3) is 0 Å². The minimum atomic E-state index is 0.589. The Morgan fingerprint density at radius 1 is 0.875 bits per heavy atom. The normalized spacial score (nSPS) is 20.9. The van der Waals surface area contributed by atoms with Crippen LogP contribution < -0.4 is 0 Å². The van der Waals surface area contributed by atoms with Crippen molar-refractivity contribution in [3.05, 3.63) is 64.4 Å². The molecule has 0 unspecified atom stereocenters. The minimum Gasteiger partial charge on any atom is -0.244 e. The van der Waals surface area contributed by atoms with Gasteiger partial charge in [-0.3, -0.25) is 0 Å². The second-order valence-electron chi connectivity index (χ2n) is 7.16. The van der Waals surface area contributed by atoms with E-state index in [0.717, 1.165) is 5.92 Å². The van der Waals surface area contributed by atoms with Gasteiger partial charge in [0.15, 0.2) is 0 Å². The van der Waals surface area contributed by atoms with Gasteiger partial charge in [-0.15, -0.1) is 0 Å². The smallest absolute Gasteiger partial charge is 0.129 e. The van der Waals surface area contributed by atoms with Crippen molar-refractivity contribution >= 4 is 11.6 Å². The van der Waals surface area contributed by atoms with Crippen LogP contribution in [0.4, 0.5) is 0 Å². The Balaban J connectivity index is 1.53. The number of halogens is 1. The second-order valence-corrected chi connectivity index (χ2v) is 7.55. The number of pyridine rings is 1. The molecule has 1 heterocycles. The zero-order valence-corrected chi connectivity index (χ0v) is 15.4. The van der Waals surface area contributed by atoms with Crippen LogP contribution in [0.1, 0.15) is 80.4 Å². The highest BCUT2D eigenvalue weighted by molar-refractivity contribution is 6.29. The summed E-state index contributed by atoms with van der Waals surface area (Å²) in [6, 6.07) is 13.5. The molecule has 1 saturated carbocycles. The zero-order valence-electron chi connectivity index (χ0n) is 14.7. The fraction of sp³-hybridized carbons (Fsp3) is 0.500.